The summed E-state index contributed by atoms with van der Waals surface area (Å²) in [5.41, 5.74) is 4.51. The lowest BCUT2D eigenvalue weighted by molar-refractivity contribution is 0.848. The lowest BCUT2D eigenvalue weighted by Crippen LogP contribution is -2.13. The van der Waals surface area contributed by atoms with Crippen LogP contribution in [-0.4, -0.2) is 19.7 Å². The maximum atomic E-state index is 13.0. The van der Waals surface area contributed by atoms with Gasteiger partial charge in [0.15, 0.2) is 5.65 Å². The molecule has 0 saturated carbocycles. The van der Waals surface area contributed by atoms with E-state index in [4.69, 9.17) is 39.8 Å². The topological polar surface area (TPSA) is 63.6 Å². The van der Waals surface area contributed by atoms with E-state index in [-0.39, 0.29) is 5.56 Å². The van der Waals surface area contributed by atoms with Crippen LogP contribution in [0.1, 0.15) is 24.0 Å². The van der Waals surface area contributed by atoms with Crippen molar-refractivity contribution in [2.45, 2.75) is 19.8 Å². The Labute approximate surface area is 210 Å². The second-order valence-corrected chi connectivity index (χ2v) is 9.13. The maximum Gasteiger partial charge on any atom is 0.262 e. The van der Waals surface area contributed by atoms with Crippen LogP contribution in [0, 0.1) is 0 Å². The van der Waals surface area contributed by atoms with Gasteiger partial charge in [0.05, 0.1) is 15.7 Å². The molecule has 34 heavy (non-hydrogen) atoms. The van der Waals surface area contributed by atoms with Crippen molar-refractivity contribution >= 4 is 45.8 Å². The van der Waals surface area contributed by atoms with E-state index in [1.54, 1.807) is 12.1 Å². The molecule has 5 aromatic rings. The molecule has 0 atom stereocenters. The smallest absolute Gasteiger partial charge is 0.262 e. The molecule has 5 nitrogen and oxygen atoms in total. The van der Waals surface area contributed by atoms with E-state index in [0.29, 0.717) is 56.1 Å². The molecule has 0 spiro atoms. The lowest BCUT2D eigenvalue weighted by atomic mass is 10.0. The molecule has 0 aliphatic rings. The van der Waals surface area contributed by atoms with Crippen molar-refractivity contribution in [1.82, 2.24) is 19.7 Å². The molecule has 0 amide bonds. The molecule has 0 fully saturated rings. The zero-order chi connectivity index (χ0) is 23.8. The SMILES string of the molecule is CCc1nn(-c2c(Cl)cc(Cl)cc2Cl)c2nc(Cc3ccc(-c4ccccc4)cc3)[nH]c(=O)c12. The first-order valence-corrected chi connectivity index (χ1v) is 11.9. The van der Waals surface area contributed by atoms with Crippen molar-refractivity contribution in [1.29, 1.82) is 0 Å². The van der Waals surface area contributed by atoms with Crippen LogP contribution in [-0.2, 0) is 12.8 Å². The highest BCUT2D eigenvalue weighted by molar-refractivity contribution is 6.40. The number of nitrogens with one attached hydrogen (secondary N) is 1. The number of nitrogens with zero attached hydrogens (tertiary/aromatic N) is 3. The van der Waals surface area contributed by atoms with Crippen LogP contribution < -0.4 is 5.56 Å². The number of fused-ring (bicyclic) bond motifs is 1. The highest BCUT2D eigenvalue weighted by Gasteiger charge is 2.20. The second-order valence-electron chi connectivity index (χ2n) is 7.88. The van der Waals surface area contributed by atoms with Crippen molar-refractivity contribution in [2.75, 3.05) is 0 Å². The van der Waals surface area contributed by atoms with Crippen molar-refractivity contribution in [3.05, 3.63) is 109 Å². The van der Waals surface area contributed by atoms with Gasteiger partial charge in [0.2, 0.25) is 0 Å². The van der Waals surface area contributed by atoms with Crippen LogP contribution >= 0.6 is 34.8 Å². The number of aromatic amines is 1. The van der Waals surface area contributed by atoms with Crippen molar-refractivity contribution < 1.29 is 0 Å². The molecule has 0 aliphatic heterocycles. The molecule has 0 unspecified atom stereocenters. The van der Waals surface area contributed by atoms with Gasteiger partial charge in [-0.2, -0.15) is 5.10 Å². The standard InChI is InChI=1S/C26H19Cl3N4O/c1-2-21-23-25(33(32-21)24-19(28)13-18(27)14-20(24)29)30-22(31-26(23)34)12-15-8-10-17(11-9-15)16-6-4-3-5-7-16/h3-11,13-14H,2,12H2,1H3,(H,30,31,34). The van der Waals surface area contributed by atoms with Gasteiger partial charge in [0, 0.05) is 11.4 Å². The summed E-state index contributed by atoms with van der Waals surface area (Å²) < 4.78 is 1.53. The summed E-state index contributed by atoms with van der Waals surface area (Å²) in [6, 6.07) is 21.5. The Morgan fingerprint density at radius 2 is 1.56 bits per heavy atom. The van der Waals surface area contributed by atoms with Crippen LogP contribution in [0.3, 0.4) is 0 Å². The van der Waals surface area contributed by atoms with Crippen LogP contribution in [0.4, 0.5) is 0 Å². The monoisotopic (exact) mass is 508 g/mol. The number of hydrogen-bond acceptors (Lipinski definition) is 3. The average molecular weight is 510 g/mol. The summed E-state index contributed by atoms with van der Waals surface area (Å²) in [5, 5.41) is 6.09. The molecule has 0 radical (unpaired) electrons. The fourth-order valence-electron chi connectivity index (χ4n) is 4.00. The molecule has 2 heterocycles. The van der Waals surface area contributed by atoms with Gasteiger partial charge in [-0.25, -0.2) is 9.67 Å². The van der Waals surface area contributed by atoms with E-state index >= 15 is 0 Å². The molecule has 1 N–H and O–H groups in total. The van der Waals surface area contributed by atoms with E-state index < -0.39 is 0 Å². The molecule has 0 aliphatic carbocycles. The van der Waals surface area contributed by atoms with E-state index in [2.05, 4.69) is 34.3 Å². The number of aromatic nitrogens is 4. The number of aryl methyl sites for hydroxylation is 1. The Kier molecular flexibility index (Phi) is 6.17. The predicted molar refractivity (Wildman–Crippen MR) is 139 cm³/mol. The van der Waals surface area contributed by atoms with Crippen LogP contribution in [0.25, 0.3) is 27.8 Å². The second kappa shape index (κ2) is 9.26. The van der Waals surface area contributed by atoms with Crippen molar-refractivity contribution in [3.8, 4) is 16.8 Å². The predicted octanol–water partition coefficient (Wildman–Crippen LogP) is 6.89. The Bertz CT molecular complexity index is 1530. The minimum absolute atomic E-state index is 0.245. The van der Waals surface area contributed by atoms with E-state index in [9.17, 15) is 4.79 Å². The Hall–Kier alpha value is -3.12. The molecule has 2 aromatic heterocycles. The Morgan fingerprint density at radius 1 is 0.912 bits per heavy atom. The van der Waals surface area contributed by atoms with Gasteiger partial charge in [0.25, 0.3) is 5.56 Å². The van der Waals surface area contributed by atoms with Gasteiger partial charge in [-0.3, -0.25) is 4.79 Å². The van der Waals surface area contributed by atoms with E-state index in [0.717, 1.165) is 16.7 Å². The van der Waals surface area contributed by atoms with Crippen LogP contribution in [0.15, 0.2) is 71.5 Å². The molecule has 5 rings (SSSR count). The molecule has 170 valence electrons. The average Bonchev–Trinajstić information content (AvgIpc) is 3.18. The normalized spacial score (nSPS) is 11.3. The van der Waals surface area contributed by atoms with Gasteiger partial charge in [-0.05, 0) is 35.2 Å². The lowest BCUT2D eigenvalue weighted by Gasteiger charge is -2.09. The fraction of sp³-hybridized carbons (Fsp3) is 0.115. The maximum absolute atomic E-state index is 13.0. The summed E-state index contributed by atoms with van der Waals surface area (Å²) in [5.74, 6) is 0.523. The van der Waals surface area contributed by atoms with Gasteiger partial charge in [0.1, 0.15) is 16.9 Å². The number of benzene rings is 3. The van der Waals surface area contributed by atoms with E-state index in [1.165, 1.54) is 4.68 Å². The summed E-state index contributed by atoms with van der Waals surface area (Å²) >= 11 is 19.0. The van der Waals surface area contributed by atoms with Crippen LogP contribution in [0.2, 0.25) is 15.1 Å². The molecule has 8 heteroatoms. The van der Waals surface area contributed by atoms with Crippen molar-refractivity contribution in [2.24, 2.45) is 0 Å². The first-order valence-electron chi connectivity index (χ1n) is 10.7. The molecule has 0 bridgehead atoms. The minimum atomic E-state index is -0.245. The highest BCUT2D eigenvalue weighted by Crippen LogP contribution is 2.33. The Balaban J connectivity index is 1.58. The first-order chi connectivity index (χ1) is 16.4. The van der Waals surface area contributed by atoms with Crippen LogP contribution in [0.5, 0.6) is 0 Å². The zero-order valence-electron chi connectivity index (χ0n) is 18.1. The molecule has 3 aromatic carbocycles. The third kappa shape index (κ3) is 4.23. The van der Waals surface area contributed by atoms with Gasteiger partial charge in [-0.15, -0.1) is 0 Å². The third-order valence-corrected chi connectivity index (χ3v) is 6.41. The highest BCUT2D eigenvalue weighted by atomic mass is 35.5. The number of halogens is 3. The van der Waals surface area contributed by atoms with Gasteiger partial charge >= 0.3 is 0 Å². The summed E-state index contributed by atoms with van der Waals surface area (Å²) in [4.78, 5) is 20.7. The summed E-state index contributed by atoms with van der Waals surface area (Å²) in [7, 11) is 0. The largest absolute Gasteiger partial charge is 0.310 e. The Morgan fingerprint density at radius 3 is 2.21 bits per heavy atom. The summed E-state index contributed by atoms with van der Waals surface area (Å²) in [6.07, 6.45) is 1.01. The summed E-state index contributed by atoms with van der Waals surface area (Å²) in [6.45, 7) is 1.93. The molecular formula is C26H19Cl3N4O. The van der Waals surface area contributed by atoms with Gasteiger partial charge in [-0.1, -0.05) is 96.3 Å². The van der Waals surface area contributed by atoms with Crippen molar-refractivity contribution in [3.63, 3.8) is 0 Å². The van der Waals surface area contributed by atoms with Gasteiger partial charge < -0.3 is 4.98 Å². The number of hydrogen-bond donors (Lipinski definition) is 1. The third-order valence-electron chi connectivity index (χ3n) is 5.62. The minimum Gasteiger partial charge on any atom is -0.310 e. The zero-order valence-corrected chi connectivity index (χ0v) is 20.4. The number of rotatable bonds is 5. The fourth-order valence-corrected chi connectivity index (χ4v) is 4.98. The quantitative estimate of drug-likeness (QED) is 0.281. The molecule has 0 saturated heterocycles. The first kappa shape index (κ1) is 22.7. The number of H-pyrrole nitrogens is 1. The molecular weight excluding hydrogens is 491 g/mol. The van der Waals surface area contributed by atoms with E-state index in [1.807, 2.05) is 37.3 Å².